The van der Waals surface area contributed by atoms with E-state index in [9.17, 15) is 9.59 Å². The Labute approximate surface area is 169 Å². The van der Waals surface area contributed by atoms with Crippen LogP contribution in [0.15, 0.2) is 60.7 Å². The number of anilines is 1. The number of pyridine rings is 1. The molecule has 6 heteroatoms. The Morgan fingerprint density at radius 1 is 0.931 bits per heavy atom. The monoisotopic (exact) mass is 389 g/mol. The van der Waals surface area contributed by atoms with Crippen molar-refractivity contribution in [2.24, 2.45) is 0 Å². The van der Waals surface area contributed by atoms with Crippen molar-refractivity contribution >= 4 is 17.5 Å². The maximum Gasteiger partial charge on any atom is 0.274 e. The van der Waals surface area contributed by atoms with Gasteiger partial charge >= 0.3 is 0 Å². The number of aryl methyl sites for hydroxylation is 2. The smallest absolute Gasteiger partial charge is 0.274 e. The predicted molar refractivity (Wildman–Crippen MR) is 112 cm³/mol. The van der Waals surface area contributed by atoms with Crippen molar-refractivity contribution in [3.05, 3.63) is 88.7 Å². The first-order chi connectivity index (χ1) is 14.0. The molecule has 0 saturated heterocycles. The van der Waals surface area contributed by atoms with Crippen LogP contribution < -0.4 is 15.4 Å². The van der Waals surface area contributed by atoms with Crippen molar-refractivity contribution < 1.29 is 14.3 Å². The molecule has 0 atom stereocenters. The van der Waals surface area contributed by atoms with E-state index in [4.69, 9.17) is 4.74 Å². The number of amides is 2. The maximum absolute atomic E-state index is 12.6. The number of rotatable bonds is 6. The van der Waals surface area contributed by atoms with Crippen LogP contribution in [0.5, 0.6) is 5.75 Å². The Kier molecular flexibility index (Phi) is 6.24. The molecule has 29 heavy (non-hydrogen) atoms. The first-order valence-corrected chi connectivity index (χ1v) is 9.23. The van der Waals surface area contributed by atoms with Crippen LogP contribution in [0.4, 0.5) is 5.69 Å². The van der Waals surface area contributed by atoms with Crippen LogP contribution in [-0.2, 0) is 6.54 Å². The van der Waals surface area contributed by atoms with Gasteiger partial charge in [0.2, 0.25) is 0 Å². The van der Waals surface area contributed by atoms with E-state index in [1.54, 1.807) is 24.3 Å². The Morgan fingerprint density at radius 3 is 2.38 bits per heavy atom. The van der Waals surface area contributed by atoms with Gasteiger partial charge < -0.3 is 15.4 Å². The molecular weight excluding hydrogens is 366 g/mol. The van der Waals surface area contributed by atoms with Gasteiger partial charge in [-0.15, -0.1) is 0 Å². The van der Waals surface area contributed by atoms with Crippen molar-refractivity contribution in [2.45, 2.75) is 20.4 Å². The van der Waals surface area contributed by atoms with Crippen LogP contribution in [0, 0.1) is 13.8 Å². The highest BCUT2D eigenvalue weighted by Gasteiger charge is 2.14. The summed E-state index contributed by atoms with van der Waals surface area (Å²) in [6, 6.07) is 18.1. The molecule has 0 fully saturated rings. The third-order valence-corrected chi connectivity index (χ3v) is 4.52. The van der Waals surface area contributed by atoms with E-state index < -0.39 is 5.91 Å². The molecule has 148 valence electrons. The van der Waals surface area contributed by atoms with Gasteiger partial charge in [0, 0.05) is 6.54 Å². The van der Waals surface area contributed by atoms with Crippen LogP contribution >= 0.6 is 0 Å². The first-order valence-electron chi connectivity index (χ1n) is 9.23. The molecule has 1 aromatic heterocycles. The van der Waals surface area contributed by atoms with Gasteiger partial charge in [-0.25, -0.2) is 4.98 Å². The lowest BCUT2D eigenvalue weighted by atomic mass is 10.1. The van der Waals surface area contributed by atoms with E-state index in [2.05, 4.69) is 15.6 Å². The predicted octanol–water partition coefficient (Wildman–Crippen LogP) is 3.89. The highest BCUT2D eigenvalue weighted by Crippen LogP contribution is 2.25. The summed E-state index contributed by atoms with van der Waals surface area (Å²) in [4.78, 5) is 29.3. The van der Waals surface area contributed by atoms with E-state index >= 15 is 0 Å². The van der Waals surface area contributed by atoms with E-state index in [0.29, 0.717) is 18.0 Å². The van der Waals surface area contributed by atoms with E-state index in [0.717, 1.165) is 16.7 Å². The summed E-state index contributed by atoms with van der Waals surface area (Å²) >= 11 is 0. The van der Waals surface area contributed by atoms with Crippen LogP contribution in [0.25, 0.3) is 0 Å². The second-order valence-electron chi connectivity index (χ2n) is 6.68. The molecule has 3 rings (SSSR count). The standard InChI is InChI=1S/C23H23N3O3/c1-15-11-12-21(29-3)20(13-15)26-23(28)19-10-6-9-18(25-19)22(27)24-14-17-8-5-4-7-16(17)2/h4-13H,14H2,1-3H3,(H,24,27)(H,26,28). The van der Waals surface area contributed by atoms with Crippen molar-refractivity contribution in [3.8, 4) is 5.75 Å². The summed E-state index contributed by atoms with van der Waals surface area (Å²) in [5, 5.41) is 5.64. The highest BCUT2D eigenvalue weighted by atomic mass is 16.5. The number of methoxy groups -OCH3 is 1. The summed E-state index contributed by atoms with van der Waals surface area (Å²) in [5.41, 5.74) is 3.99. The van der Waals surface area contributed by atoms with Gasteiger partial charge in [-0.1, -0.05) is 36.4 Å². The largest absolute Gasteiger partial charge is 0.495 e. The number of hydrogen-bond donors (Lipinski definition) is 2. The maximum atomic E-state index is 12.6. The minimum absolute atomic E-state index is 0.150. The number of benzene rings is 2. The number of nitrogens with one attached hydrogen (secondary N) is 2. The van der Waals surface area contributed by atoms with Gasteiger partial charge in [0.25, 0.3) is 11.8 Å². The van der Waals surface area contributed by atoms with Gasteiger partial charge in [-0.2, -0.15) is 0 Å². The lowest BCUT2D eigenvalue weighted by Gasteiger charge is -2.11. The fourth-order valence-corrected chi connectivity index (χ4v) is 2.87. The zero-order valence-electron chi connectivity index (χ0n) is 16.7. The summed E-state index contributed by atoms with van der Waals surface area (Å²) in [6.07, 6.45) is 0. The van der Waals surface area contributed by atoms with Gasteiger partial charge in [-0.05, 0) is 54.8 Å². The van der Waals surface area contributed by atoms with E-state index in [-0.39, 0.29) is 17.3 Å². The van der Waals surface area contributed by atoms with E-state index in [1.807, 2.05) is 50.2 Å². The third-order valence-electron chi connectivity index (χ3n) is 4.52. The minimum atomic E-state index is -0.414. The number of ether oxygens (including phenoxy) is 1. The zero-order valence-corrected chi connectivity index (χ0v) is 16.7. The molecule has 0 aliphatic carbocycles. The first kappa shape index (κ1) is 20.1. The fourth-order valence-electron chi connectivity index (χ4n) is 2.87. The minimum Gasteiger partial charge on any atom is -0.495 e. The number of carbonyl (C=O) groups excluding carboxylic acids is 2. The molecule has 0 saturated carbocycles. The average Bonchev–Trinajstić information content (AvgIpc) is 2.73. The van der Waals surface area contributed by atoms with Crippen LogP contribution in [-0.4, -0.2) is 23.9 Å². The Balaban J connectivity index is 1.72. The average molecular weight is 389 g/mol. The van der Waals surface area contributed by atoms with Gasteiger partial charge in [0.1, 0.15) is 17.1 Å². The highest BCUT2D eigenvalue weighted by molar-refractivity contribution is 6.04. The number of nitrogens with zero attached hydrogens (tertiary/aromatic N) is 1. The number of hydrogen-bond acceptors (Lipinski definition) is 4. The van der Waals surface area contributed by atoms with Gasteiger partial charge in [-0.3, -0.25) is 9.59 Å². The van der Waals surface area contributed by atoms with Gasteiger partial charge in [0.05, 0.1) is 12.8 Å². The molecule has 6 nitrogen and oxygen atoms in total. The number of carbonyl (C=O) groups is 2. The van der Waals surface area contributed by atoms with Crippen molar-refractivity contribution in [2.75, 3.05) is 12.4 Å². The second-order valence-corrected chi connectivity index (χ2v) is 6.68. The van der Waals surface area contributed by atoms with Crippen molar-refractivity contribution in [1.82, 2.24) is 10.3 Å². The van der Waals surface area contributed by atoms with Crippen LogP contribution in [0.3, 0.4) is 0 Å². The summed E-state index contributed by atoms with van der Waals surface area (Å²) < 4.78 is 5.28. The number of aromatic nitrogens is 1. The van der Waals surface area contributed by atoms with Gasteiger partial charge in [0.15, 0.2) is 0 Å². The van der Waals surface area contributed by atoms with E-state index in [1.165, 1.54) is 7.11 Å². The molecule has 2 N–H and O–H groups in total. The van der Waals surface area contributed by atoms with Crippen LogP contribution in [0.2, 0.25) is 0 Å². The zero-order chi connectivity index (χ0) is 20.8. The molecule has 0 aliphatic rings. The Morgan fingerprint density at radius 2 is 1.66 bits per heavy atom. The summed E-state index contributed by atoms with van der Waals surface area (Å²) in [6.45, 7) is 4.31. The summed E-state index contributed by atoms with van der Waals surface area (Å²) in [7, 11) is 1.54. The molecular formula is C23H23N3O3. The Hall–Kier alpha value is -3.67. The van der Waals surface area contributed by atoms with Crippen LogP contribution in [0.1, 0.15) is 37.7 Å². The lowest BCUT2D eigenvalue weighted by molar-refractivity contribution is 0.0945. The molecule has 2 amide bonds. The fraction of sp³-hybridized carbons (Fsp3) is 0.174. The molecule has 0 spiro atoms. The normalized spacial score (nSPS) is 10.3. The quantitative estimate of drug-likeness (QED) is 0.670. The lowest BCUT2D eigenvalue weighted by Crippen LogP contribution is -2.25. The second kappa shape index (κ2) is 9.01. The molecule has 1 heterocycles. The SMILES string of the molecule is COc1ccc(C)cc1NC(=O)c1cccc(C(=O)NCc2ccccc2C)n1. The molecule has 0 unspecified atom stereocenters. The molecule has 0 radical (unpaired) electrons. The molecule has 0 aliphatic heterocycles. The Bertz CT molecular complexity index is 1050. The third kappa shape index (κ3) is 4.99. The molecule has 0 bridgehead atoms. The summed E-state index contributed by atoms with van der Waals surface area (Å²) in [5.74, 6) is -0.199. The van der Waals surface area contributed by atoms with Crippen molar-refractivity contribution in [3.63, 3.8) is 0 Å². The van der Waals surface area contributed by atoms with Crippen molar-refractivity contribution in [1.29, 1.82) is 0 Å². The topological polar surface area (TPSA) is 80.3 Å². The molecule has 2 aromatic carbocycles. The molecule has 3 aromatic rings.